The SMILES string of the molecule is CC1=C(C(=O)O)N2C(=O)[C@@H](NC(=O)[C@@H](c3ccc(O)cc3)N3CSC(=S)N(C(C)C)C3)[C@@H]2SC1. The van der Waals surface area contributed by atoms with E-state index in [2.05, 4.69) is 5.32 Å². The van der Waals surface area contributed by atoms with Gasteiger partial charge in [0, 0.05) is 11.8 Å². The maximum Gasteiger partial charge on any atom is 0.352 e. The number of phenols is 1. The van der Waals surface area contributed by atoms with E-state index in [4.69, 9.17) is 12.2 Å². The summed E-state index contributed by atoms with van der Waals surface area (Å²) in [5.41, 5.74) is 1.31. The van der Waals surface area contributed by atoms with Gasteiger partial charge < -0.3 is 20.4 Å². The van der Waals surface area contributed by atoms with Gasteiger partial charge in [0.1, 0.15) is 33.2 Å². The van der Waals surface area contributed by atoms with Crippen molar-refractivity contribution in [2.45, 2.75) is 44.3 Å². The number of hydrogen-bond acceptors (Lipinski definition) is 8. The summed E-state index contributed by atoms with van der Waals surface area (Å²) in [6.07, 6.45) is 0. The molecule has 12 heteroatoms. The zero-order valence-electron chi connectivity index (χ0n) is 18.9. The molecule has 0 unspecified atom stereocenters. The lowest BCUT2D eigenvalue weighted by Gasteiger charge is -2.50. The summed E-state index contributed by atoms with van der Waals surface area (Å²) in [5, 5.41) is 21.7. The molecule has 0 aromatic heterocycles. The number of aromatic hydroxyl groups is 1. The number of carboxylic acids is 1. The second-order valence-corrected chi connectivity index (χ2v) is 11.3. The average Bonchev–Trinajstić information content (AvgIpc) is 2.79. The van der Waals surface area contributed by atoms with Crippen molar-refractivity contribution in [1.82, 2.24) is 20.0 Å². The van der Waals surface area contributed by atoms with Crippen molar-refractivity contribution < 1.29 is 24.6 Å². The summed E-state index contributed by atoms with van der Waals surface area (Å²) in [7, 11) is 0. The van der Waals surface area contributed by atoms with Crippen LogP contribution in [0.25, 0.3) is 0 Å². The van der Waals surface area contributed by atoms with Crippen LogP contribution < -0.4 is 5.32 Å². The fourth-order valence-electron chi connectivity index (χ4n) is 4.24. The summed E-state index contributed by atoms with van der Waals surface area (Å²) in [6.45, 7) is 6.20. The predicted molar refractivity (Wildman–Crippen MR) is 135 cm³/mol. The van der Waals surface area contributed by atoms with Gasteiger partial charge in [-0.05, 0) is 44.0 Å². The van der Waals surface area contributed by atoms with Crippen molar-refractivity contribution in [2.75, 3.05) is 18.3 Å². The molecule has 2 fully saturated rings. The third-order valence-corrected chi connectivity index (χ3v) is 8.98. The van der Waals surface area contributed by atoms with Crippen molar-refractivity contribution in [1.29, 1.82) is 0 Å². The standard InChI is InChI=1S/C22H26N4O5S3/c1-11(2)25-9-24(10-34-22(25)32)17(13-4-6-14(27)7-5-13)18(28)23-15-19(29)26-16(21(30)31)12(3)8-33-20(15)26/h4-7,11,15,17,20,27H,8-10H2,1-3H3,(H,23,28)(H,30,31)/t15-,17-,20+/m1/s1. The van der Waals surface area contributed by atoms with Crippen LogP contribution in [0.15, 0.2) is 35.5 Å². The number of amides is 2. The zero-order chi connectivity index (χ0) is 24.7. The molecule has 0 saturated carbocycles. The Morgan fingerprint density at radius 3 is 2.53 bits per heavy atom. The number of β-lactam (4-membered cyclic amide) rings is 1. The number of benzene rings is 1. The maximum atomic E-state index is 13.6. The van der Waals surface area contributed by atoms with Gasteiger partial charge in [-0.1, -0.05) is 36.1 Å². The molecule has 4 rings (SSSR count). The summed E-state index contributed by atoms with van der Waals surface area (Å²) in [5.74, 6) is -0.859. The number of nitrogens with zero attached hydrogens (tertiary/aromatic N) is 3. The predicted octanol–water partition coefficient (Wildman–Crippen LogP) is 2.15. The van der Waals surface area contributed by atoms with Crippen LogP contribution in [-0.4, -0.2) is 82.8 Å². The van der Waals surface area contributed by atoms with Crippen molar-refractivity contribution in [3.8, 4) is 5.75 Å². The van der Waals surface area contributed by atoms with E-state index in [1.807, 2.05) is 23.6 Å². The molecule has 0 radical (unpaired) electrons. The number of thioether (sulfide) groups is 2. The summed E-state index contributed by atoms with van der Waals surface area (Å²) >= 11 is 8.39. The van der Waals surface area contributed by atoms with Crippen molar-refractivity contribution in [3.05, 3.63) is 41.1 Å². The average molecular weight is 523 g/mol. The van der Waals surface area contributed by atoms with E-state index in [-0.39, 0.29) is 23.4 Å². The fourth-order valence-corrected chi connectivity index (χ4v) is 6.90. The molecule has 3 atom stereocenters. The Morgan fingerprint density at radius 2 is 1.91 bits per heavy atom. The van der Waals surface area contributed by atoms with Crippen LogP contribution in [-0.2, 0) is 14.4 Å². The molecule has 0 aliphatic carbocycles. The van der Waals surface area contributed by atoms with Gasteiger partial charge in [0.15, 0.2) is 0 Å². The molecule has 2 amide bonds. The molecule has 2 saturated heterocycles. The number of carbonyl (C=O) groups is 3. The number of rotatable bonds is 6. The first kappa shape index (κ1) is 24.8. The minimum atomic E-state index is -1.14. The Bertz CT molecular complexity index is 1060. The van der Waals surface area contributed by atoms with Crippen LogP contribution in [0.4, 0.5) is 0 Å². The van der Waals surface area contributed by atoms with Gasteiger partial charge in [0.25, 0.3) is 5.91 Å². The van der Waals surface area contributed by atoms with Crippen LogP contribution in [0.1, 0.15) is 32.4 Å². The molecule has 3 aliphatic heterocycles. The molecule has 1 aromatic rings. The highest BCUT2D eigenvalue weighted by Gasteiger charge is 2.54. The molecule has 3 aliphatic rings. The number of carbonyl (C=O) groups excluding carboxylic acids is 2. The lowest BCUT2D eigenvalue weighted by Crippen LogP contribution is -2.71. The highest BCUT2D eigenvalue weighted by atomic mass is 32.2. The third-order valence-electron chi connectivity index (χ3n) is 6.03. The van der Waals surface area contributed by atoms with E-state index in [0.717, 1.165) is 4.32 Å². The quantitative estimate of drug-likeness (QED) is 0.379. The molecular weight excluding hydrogens is 496 g/mol. The van der Waals surface area contributed by atoms with Gasteiger partial charge in [-0.25, -0.2) is 4.79 Å². The van der Waals surface area contributed by atoms with Gasteiger partial charge in [0.05, 0.1) is 12.5 Å². The number of fused-ring (bicyclic) bond motifs is 1. The monoisotopic (exact) mass is 522 g/mol. The highest BCUT2D eigenvalue weighted by molar-refractivity contribution is 8.22. The normalized spacial score (nSPS) is 24.1. The Hall–Kier alpha value is -2.28. The van der Waals surface area contributed by atoms with Crippen LogP contribution in [0.3, 0.4) is 0 Å². The van der Waals surface area contributed by atoms with Crippen LogP contribution in [0.5, 0.6) is 5.75 Å². The minimum Gasteiger partial charge on any atom is -0.508 e. The lowest BCUT2D eigenvalue weighted by atomic mass is 10.0. The van der Waals surface area contributed by atoms with E-state index in [1.54, 1.807) is 19.1 Å². The van der Waals surface area contributed by atoms with Gasteiger partial charge in [0.2, 0.25) is 5.91 Å². The Kier molecular flexibility index (Phi) is 7.13. The molecular formula is C22H26N4O5S3. The minimum absolute atomic E-state index is 0.00264. The Morgan fingerprint density at radius 1 is 1.24 bits per heavy atom. The summed E-state index contributed by atoms with van der Waals surface area (Å²) < 4.78 is 0.767. The molecule has 182 valence electrons. The van der Waals surface area contributed by atoms with Gasteiger partial charge in [-0.3, -0.25) is 19.4 Å². The van der Waals surface area contributed by atoms with Crippen molar-refractivity contribution in [3.63, 3.8) is 0 Å². The number of thiocarbonyl (C=S) groups is 1. The number of phenolic OH excluding ortho intramolecular Hbond substituents is 1. The largest absolute Gasteiger partial charge is 0.508 e. The van der Waals surface area contributed by atoms with Gasteiger partial charge in [-0.15, -0.1) is 11.8 Å². The van der Waals surface area contributed by atoms with Crippen molar-refractivity contribution >= 4 is 57.8 Å². The topological polar surface area (TPSA) is 113 Å². The maximum absolute atomic E-state index is 13.6. The van der Waals surface area contributed by atoms with E-state index < -0.39 is 29.3 Å². The fraction of sp³-hybridized carbons (Fsp3) is 0.455. The first-order chi connectivity index (χ1) is 16.1. The third kappa shape index (κ3) is 4.51. The second-order valence-electron chi connectivity index (χ2n) is 8.66. The number of hydrogen-bond donors (Lipinski definition) is 3. The highest BCUT2D eigenvalue weighted by Crippen LogP contribution is 2.40. The zero-order valence-corrected chi connectivity index (χ0v) is 21.4. The molecule has 0 bridgehead atoms. The Labute approximate surface area is 211 Å². The molecule has 1 aromatic carbocycles. The summed E-state index contributed by atoms with van der Waals surface area (Å²) in [4.78, 5) is 43.4. The van der Waals surface area contributed by atoms with Crippen LogP contribution in [0, 0.1) is 0 Å². The molecule has 3 heterocycles. The van der Waals surface area contributed by atoms with E-state index in [9.17, 15) is 24.6 Å². The lowest BCUT2D eigenvalue weighted by molar-refractivity contribution is -0.151. The first-order valence-corrected chi connectivity index (χ1v) is 13.2. The summed E-state index contributed by atoms with van der Waals surface area (Å²) in [6, 6.07) is 5.06. The smallest absolute Gasteiger partial charge is 0.352 e. The first-order valence-electron chi connectivity index (χ1n) is 10.7. The van der Waals surface area contributed by atoms with Crippen LogP contribution in [0.2, 0.25) is 0 Å². The second kappa shape index (κ2) is 9.76. The van der Waals surface area contributed by atoms with Gasteiger partial charge in [-0.2, -0.15) is 0 Å². The molecule has 3 N–H and O–H groups in total. The van der Waals surface area contributed by atoms with Crippen molar-refractivity contribution in [2.24, 2.45) is 0 Å². The number of aliphatic carboxylic acids is 1. The van der Waals surface area contributed by atoms with Gasteiger partial charge >= 0.3 is 5.97 Å². The van der Waals surface area contributed by atoms with Crippen LogP contribution >= 0.6 is 35.7 Å². The number of carboxylic acid groups (broad SMARTS) is 1. The Balaban J connectivity index is 1.57. The number of nitrogens with one attached hydrogen (secondary N) is 1. The van der Waals surface area contributed by atoms with E-state index in [0.29, 0.717) is 29.4 Å². The van der Waals surface area contributed by atoms with E-state index in [1.165, 1.54) is 40.6 Å². The molecule has 34 heavy (non-hydrogen) atoms. The molecule has 9 nitrogen and oxygen atoms in total. The molecule has 0 spiro atoms. The van der Waals surface area contributed by atoms with E-state index >= 15 is 0 Å².